The number of aromatic nitrogens is 5. The second kappa shape index (κ2) is 11.5. The zero-order valence-electron chi connectivity index (χ0n) is 20.6. The Bertz CT molecular complexity index is 1170. The number of anilines is 1. The van der Waals surface area contributed by atoms with Crippen molar-refractivity contribution in [2.45, 2.75) is 39.8 Å². The standard InChI is InChI=1S/C24H31FN8O3/c1-4-31(5-2)10-11-33-29-23(28-30-33)22-9-6-17(13-27-22)20-8-7-18(12-21(20)25)32-15-19(36-24(32)35)14-26-16(3)34/h6-9,12-13,19,24,35H,4-5,10-11,14-15H2,1-3H3,(H,26,34)/t19-,24?/m0/s1. The van der Waals surface area contributed by atoms with Crippen LogP contribution in [0.2, 0.25) is 0 Å². The zero-order chi connectivity index (χ0) is 25.7. The Labute approximate surface area is 208 Å². The second-order valence-corrected chi connectivity index (χ2v) is 8.51. The average molecular weight is 499 g/mol. The molecule has 1 aliphatic heterocycles. The number of rotatable bonds is 10. The lowest BCUT2D eigenvalue weighted by molar-refractivity contribution is -0.121. The van der Waals surface area contributed by atoms with Crippen molar-refractivity contribution in [1.82, 2.24) is 35.4 Å². The third-order valence-corrected chi connectivity index (χ3v) is 6.11. The van der Waals surface area contributed by atoms with E-state index in [1.807, 2.05) is 0 Å². The van der Waals surface area contributed by atoms with E-state index in [-0.39, 0.29) is 12.5 Å². The van der Waals surface area contributed by atoms with Gasteiger partial charge in [0, 0.05) is 43.0 Å². The van der Waals surface area contributed by atoms with Gasteiger partial charge in [-0.2, -0.15) is 4.80 Å². The molecule has 0 spiro atoms. The van der Waals surface area contributed by atoms with Gasteiger partial charge in [-0.05, 0) is 42.6 Å². The average Bonchev–Trinajstić information content (AvgIpc) is 3.50. The molecule has 4 rings (SSSR count). The number of amides is 1. The van der Waals surface area contributed by atoms with Gasteiger partial charge in [0.2, 0.25) is 18.1 Å². The Morgan fingerprint density at radius 2 is 2.08 bits per heavy atom. The maximum Gasteiger partial charge on any atom is 0.238 e. The predicted octanol–water partition coefficient (Wildman–Crippen LogP) is 1.50. The molecule has 1 aromatic carbocycles. The Morgan fingerprint density at radius 3 is 2.75 bits per heavy atom. The van der Waals surface area contributed by atoms with Gasteiger partial charge >= 0.3 is 0 Å². The highest BCUT2D eigenvalue weighted by atomic mass is 19.1. The van der Waals surface area contributed by atoms with Crippen LogP contribution < -0.4 is 10.2 Å². The molecule has 0 saturated carbocycles. The molecule has 12 heteroatoms. The lowest BCUT2D eigenvalue weighted by Crippen LogP contribution is -2.33. The van der Waals surface area contributed by atoms with Gasteiger partial charge in [-0.25, -0.2) is 4.39 Å². The summed E-state index contributed by atoms with van der Waals surface area (Å²) < 4.78 is 20.5. The van der Waals surface area contributed by atoms with Crippen molar-refractivity contribution >= 4 is 11.6 Å². The number of benzene rings is 1. The molecule has 11 nitrogen and oxygen atoms in total. The molecule has 1 amide bonds. The molecule has 1 unspecified atom stereocenters. The van der Waals surface area contributed by atoms with Gasteiger partial charge in [0.25, 0.3) is 0 Å². The highest BCUT2D eigenvalue weighted by molar-refractivity contribution is 5.72. The number of hydrogen-bond donors (Lipinski definition) is 2. The molecule has 0 bridgehead atoms. The Kier molecular flexibility index (Phi) is 8.18. The lowest BCUT2D eigenvalue weighted by Gasteiger charge is -2.21. The molecular weight excluding hydrogens is 467 g/mol. The molecule has 0 aliphatic carbocycles. The number of halogens is 1. The molecule has 3 aromatic rings. The van der Waals surface area contributed by atoms with Crippen molar-refractivity contribution in [1.29, 1.82) is 0 Å². The first-order chi connectivity index (χ1) is 17.4. The van der Waals surface area contributed by atoms with E-state index in [2.05, 4.69) is 44.5 Å². The summed E-state index contributed by atoms with van der Waals surface area (Å²) in [5.74, 6) is -0.231. The van der Waals surface area contributed by atoms with Crippen molar-refractivity contribution in [2.75, 3.05) is 37.6 Å². The van der Waals surface area contributed by atoms with E-state index in [4.69, 9.17) is 4.74 Å². The number of aliphatic hydroxyl groups is 1. The first kappa shape index (κ1) is 25.6. The molecule has 1 aliphatic rings. The van der Waals surface area contributed by atoms with Crippen LogP contribution in [0.1, 0.15) is 20.8 Å². The quantitative estimate of drug-likeness (QED) is 0.428. The maximum atomic E-state index is 15.0. The molecule has 36 heavy (non-hydrogen) atoms. The minimum absolute atomic E-state index is 0.183. The summed E-state index contributed by atoms with van der Waals surface area (Å²) in [5.41, 5.74) is 1.99. The van der Waals surface area contributed by atoms with E-state index >= 15 is 4.39 Å². The number of nitrogens with zero attached hydrogens (tertiary/aromatic N) is 7. The minimum Gasteiger partial charge on any atom is -0.354 e. The van der Waals surface area contributed by atoms with E-state index in [0.29, 0.717) is 41.4 Å². The Balaban J connectivity index is 1.42. The van der Waals surface area contributed by atoms with E-state index < -0.39 is 18.3 Å². The predicted molar refractivity (Wildman–Crippen MR) is 131 cm³/mol. The Morgan fingerprint density at radius 1 is 1.28 bits per heavy atom. The monoisotopic (exact) mass is 498 g/mol. The van der Waals surface area contributed by atoms with Crippen LogP contribution in [0.3, 0.4) is 0 Å². The number of ether oxygens (including phenoxy) is 1. The summed E-state index contributed by atoms with van der Waals surface area (Å²) in [6.45, 7) is 9.61. The summed E-state index contributed by atoms with van der Waals surface area (Å²) in [4.78, 5) is 20.9. The number of hydrogen-bond acceptors (Lipinski definition) is 9. The molecule has 2 atom stereocenters. The first-order valence-corrected chi connectivity index (χ1v) is 12.0. The third-order valence-electron chi connectivity index (χ3n) is 6.11. The molecule has 0 radical (unpaired) electrons. The van der Waals surface area contributed by atoms with E-state index in [1.54, 1.807) is 35.3 Å². The number of aliphatic hydroxyl groups excluding tert-OH is 1. The number of carbonyl (C=O) groups is 1. The molecule has 1 fully saturated rings. The van der Waals surface area contributed by atoms with Gasteiger partial charge in [0.15, 0.2) is 0 Å². The van der Waals surface area contributed by atoms with Gasteiger partial charge in [-0.1, -0.05) is 19.9 Å². The fraction of sp³-hybridized carbons (Fsp3) is 0.458. The first-order valence-electron chi connectivity index (χ1n) is 12.0. The summed E-state index contributed by atoms with van der Waals surface area (Å²) in [6, 6.07) is 8.19. The fourth-order valence-electron chi connectivity index (χ4n) is 4.01. The number of pyridine rings is 1. The lowest BCUT2D eigenvalue weighted by atomic mass is 10.1. The second-order valence-electron chi connectivity index (χ2n) is 8.51. The maximum absolute atomic E-state index is 15.0. The van der Waals surface area contributed by atoms with Crippen molar-refractivity contribution in [3.63, 3.8) is 0 Å². The smallest absolute Gasteiger partial charge is 0.238 e. The van der Waals surface area contributed by atoms with Crippen LogP contribution in [0.15, 0.2) is 36.5 Å². The normalized spacial score (nSPS) is 17.7. The van der Waals surface area contributed by atoms with E-state index in [0.717, 1.165) is 19.6 Å². The van der Waals surface area contributed by atoms with E-state index in [9.17, 15) is 9.90 Å². The molecule has 2 N–H and O–H groups in total. The molecular formula is C24H31FN8O3. The highest BCUT2D eigenvalue weighted by Gasteiger charge is 2.32. The van der Waals surface area contributed by atoms with Crippen LogP contribution in [-0.2, 0) is 16.1 Å². The van der Waals surface area contributed by atoms with Crippen LogP contribution in [0.4, 0.5) is 10.1 Å². The van der Waals surface area contributed by atoms with Crippen LogP contribution >= 0.6 is 0 Å². The molecule has 1 saturated heterocycles. The molecule has 3 heterocycles. The van der Waals surface area contributed by atoms with Gasteiger partial charge in [-0.3, -0.25) is 9.78 Å². The SMILES string of the molecule is CCN(CC)CCn1nnc(-c2ccc(-c3ccc(N4C[C@H](CNC(C)=O)OC4O)cc3F)cn2)n1. The van der Waals surface area contributed by atoms with Crippen molar-refractivity contribution in [2.24, 2.45) is 0 Å². The summed E-state index contributed by atoms with van der Waals surface area (Å²) >= 11 is 0. The van der Waals surface area contributed by atoms with Crippen LogP contribution in [0.25, 0.3) is 22.6 Å². The largest absolute Gasteiger partial charge is 0.354 e. The number of tetrazole rings is 1. The van der Waals surface area contributed by atoms with Gasteiger partial charge < -0.3 is 25.0 Å². The number of carbonyl (C=O) groups excluding carboxylic acids is 1. The van der Waals surface area contributed by atoms with E-state index in [1.165, 1.54) is 17.9 Å². The Hall–Kier alpha value is -3.48. The zero-order valence-corrected chi connectivity index (χ0v) is 20.6. The minimum atomic E-state index is -1.22. The number of likely N-dealkylation sites (N-methyl/N-ethyl adjacent to an activating group) is 1. The summed E-state index contributed by atoms with van der Waals surface area (Å²) in [5, 5.41) is 25.5. The van der Waals surface area contributed by atoms with Crippen LogP contribution in [-0.4, -0.2) is 86.3 Å². The topological polar surface area (TPSA) is 122 Å². The summed E-state index contributed by atoms with van der Waals surface area (Å²) in [7, 11) is 0. The van der Waals surface area contributed by atoms with Gasteiger partial charge in [0.05, 0.1) is 19.2 Å². The van der Waals surface area contributed by atoms with Crippen LogP contribution in [0, 0.1) is 5.82 Å². The highest BCUT2D eigenvalue weighted by Crippen LogP contribution is 2.30. The van der Waals surface area contributed by atoms with Crippen molar-refractivity contribution < 1.29 is 19.0 Å². The molecule has 192 valence electrons. The van der Waals surface area contributed by atoms with Gasteiger partial charge in [-0.15, -0.1) is 10.2 Å². The fourth-order valence-corrected chi connectivity index (χ4v) is 4.01. The number of nitrogens with one attached hydrogen (secondary N) is 1. The van der Waals surface area contributed by atoms with Crippen LogP contribution in [0.5, 0.6) is 0 Å². The van der Waals surface area contributed by atoms with Crippen molar-refractivity contribution in [3.8, 4) is 22.6 Å². The third kappa shape index (κ3) is 6.01. The van der Waals surface area contributed by atoms with Crippen molar-refractivity contribution in [3.05, 3.63) is 42.3 Å². The van der Waals surface area contributed by atoms with Gasteiger partial charge in [0.1, 0.15) is 11.5 Å². The summed E-state index contributed by atoms with van der Waals surface area (Å²) in [6.07, 6.45) is -0.0449. The molecule has 2 aromatic heterocycles.